The highest BCUT2D eigenvalue weighted by Crippen LogP contribution is 2.25. The van der Waals surface area contributed by atoms with Crippen LogP contribution < -0.4 is 10.9 Å². The summed E-state index contributed by atoms with van der Waals surface area (Å²) in [6.07, 6.45) is 1.52. The molecule has 0 saturated carbocycles. The van der Waals surface area contributed by atoms with Crippen molar-refractivity contribution >= 4 is 23.2 Å². The zero-order valence-electron chi connectivity index (χ0n) is 16.9. The number of halogens is 1. The minimum absolute atomic E-state index is 0.184. The lowest BCUT2D eigenvalue weighted by molar-refractivity contribution is -0.116. The van der Waals surface area contributed by atoms with Crippen LogP contribution in [0.5, 0.6) is 0 Å². The molecule has 156 valence electrons. The minimum Gasteiger partial charge on any atom is -0.334 e. The van der Waals surface area contributed by atoms with Crippen molar-refractivity contribution in [2.75, 3.05) is 5.32 Å². The maximum absolute atomic E-state index is 12.5. The number of benzene rings is 2. The number of carbonyl (C=O) groups excluding carboxylic acids is 1. The molecule has 0 saturated heterocycles. The number of aryl methyl sites for hydroxylation is 2. The van der Waals surface area contributed by atoms with E-state index in [1.165, 1.54) is 16.8 Å². The van der Waals surface area contributed by atoms with Crippen LogP contribution in [0.15, 0.2) is 70.1 Å². The summed E-state index contributed by atoms with van der Waals surface area (Å²) in [5.41, 5.74) is 3.48. The number of hydrogen-bond donors (Lipinski definition) is 1. The number of aromatic nitrogens is 3. The summed E-state index contributed by atoms with van der Waals surface area (Å²) >= 11 is 6.16. The van der Waals surface area contributed by atoms with Gasteiger partial charge in [-0.25, -0.2) is 0 Å². The van der Waals surface area contributed by atoms with E-state index in [0.29, 0.717) is 22.1 Å². The number of anilines is 1. The quantitative estimate of drug-likeness (QED) is 0.500. The predicted molar refractivity (Wildman–Crippen MR) is 119 cm³/mol. The summed E-state index contributed by atoms with van der Waals surface area (Å²) in [5, 5.41) is 7.22. The molecule has 1 amide bonds. The standard InChI is InChI=1S/C23H19ClN4O3/c1-14-5-3-7-16(11-14)22-26-23(31-27-22)17-9-10-20(30)28(12-17)13-19(29)25-21-15(2)6-4-8-18(21)24/h3-12H,13H2,1-2H3,(H,25,29). The molecule has 1 N–H and O–H groups in total. The van der Waals surface area contributed by atoms with Crippen LogP contribution in [0.2, 0.25) is 5.02 Å². The first kappa shape index (κ1) is 20.6. The molecule has 4 aromatic rings. The number of carbonyl (C=O) groups is 1. The molecule has 8 heteroatoms. The molecule has 31 heavy (non-hydrogen) atoms. The molecule has 2 heterocycles. The van der Waals surface area contributed by atoms with Crippen LogP contribution in [-0.4, -0.2) is 20.6 Å². The van der Waals surface area contributed by atoms with E-state index in [1.54, 1.807) is 18.2 Å². The highest BCUT2D eigenvalue weighted by molar-refractivity contribution is 6.33. The number of para-hydroxylation sites is 1. The predicted octanol–water partition coefficient (Wildman–Crippen LogP) is 4.47. The largest absolute Gasteiger partial charge is 0.334 e. The lowest BCUT2D eigenvalue weighted by atomic mass is 10.1. The molecule has 0 fully saturated rings. The number of rotatable bonds is 5. The lowest BCUT2D eigenvalue weighted by Crippen LogP contribution is -2.27. The molecule has 2 aromatic carbocycles. The fraction of sp³-hybridized carbons (Fsp3) is 0.130. The van der Waals surface area contributed by atoms with E-state index in [0.717, 1.165) is 16.7 Å². The normalized spacial score (nSPS) is 10.8. The minimum atomic E-state index is -0.374. The van der Waals surface area contributed by atoms with Gasteiger partial charge in [-0.05, 0) is 37.6 Å². The Labute approximate surface area is 183 Å². The van der Waals surface area contributed by atoms with Crippen LogP contribution in [0, 0.1) is 13.8 Å². The van der Waals surface area contributed by atoms with Gasteiger partial charge in [0.1, 0.15) is 6.54 Å². The van der Waals surface area contributed by atoms with Crippen molar-refractivity contribution in [1.82, 2.24) is 14.7 Å². The van der Waals surface area contributed by atoms with E-state index in [-0.39, 0.29) is 23.9 Å². The summed E-state index contributed by atoms with van der Waals surface area (Å²) in [7, 11) is 0. The summed E-state index contributed by atoms with van der Waals surface area (Å²) < 4.78 is 6.66. The Morgan fingerprint density at radius 2 is 1.90 bits per heavy atom. The van der Waals surface area contributed by atoms with Crippen LogP contribution in [-0.2, 0) is 11.3 Å². The lowest BCUT2D eigenvalue weighted by Gasteiger charge is -2.11. The molecule has 4 rings (SSSR count). The maximum atomic E-state index is 12.5. The van der Waals surface area contributed by atoms with Crippen LogP contribution >= 0.6 is 11.6 Å². The smallest absolute Gasteiger partial charge is 0.259 e. The zero-order chi connectivity index (χ0) is 22.0. The Hall–Kier alpha value is -3.71. The Morgan fingerprint density at radius 3 is 2.68 bits per heavy atom. The fourth-order valence-corrected chi connectivity index (χ4v) is 3.42. The third kappa shape index (κ3) is 4.57. The first-order valence-corrected chi connectivity index (χ1v) is 9.95. The molecule has 7 nitrogen and oxygen atoms in total. The molecule has 0 unspecified atom stereocenters. The fourth-order valence-electron chi connectivity index (χ4n) is 3.15. The molecule has 0 spiro atoms. The summed E-state index contributed by atoms with van der Waals surface area (Å²) in [6, 6.07) is 16.0. The number of amides is 1. The summed E-state index contributed by atoms with van der Waals surface area (Å²) in [5.74, 6) is 0.331. The second-order valence-electron chi connectivity index (χ2n) is 7.16. The molecule has 0 radical (unpaired) electrons. The second-order valence-corrected chi connectivity index (χ2v) is 7.56. The van der Waals surface area contributed by atoms with Crippen molar-refractivity contribution in [3.05, 3.63) is 87.3 Å². The molecule has 0 aliphatic carbocycles. The maximum Gasteiger partial charge on any atom is 0.259 e. The van der Waals surface area contributed by atoms with Gasteiger partial charge >= 0.3 is 0 Å². The molecule has 0 atom stereocenters. The summed E-state index contributed by atoms with van der Waals surface area (Å²) in [6.45, 7) is 3.64. The van der Waals surface area contributed by atoms with Gasteiger partial charge in [-0.15, -0.1) is 0 Å². The SMILES string of the molecule is Cc1cccc(-c2noc(-c3ccc(=O)n(CC(=O)Nc4c(C)cccc4Cl)c3)n2)c1. The Balaban J connectivity index is 1.57. The number of nitrogens with zero attached hydrogens (tertiary/aromatic N) is 3. The molecular formula is C23H19ClN4O3. The Kier molecular flexibility index (Phi) is 5.68. The van der Waals surface area contributed by atoms with Crippen molar-refractivity contribution in [1.29, 1.82) is 0 Å². The third-order valence-corrected chi connectivity index (χ3v) is 5.05. The van der Waals surface area contributed by atoms with Crippen molar-refractivity contribution in [2.45, 2.75) is 20.4 Å². The van der Waals surface area contributed by atoms with Crippen molar-refractivity contribution < 1.29 is 9.32 Å². The number of hydrogen-bond acceptors (Lipinski definition) is 5. The molecule has 2 aromatic heterocycles. The average molecular weight is 435 g/mol. The van der Waals surface area contributed by atoms with Gasteiger partial charge < -0.3 is 14.4 Å². The van der Waals surface area contributed by atoms with Crippen molar-refractivity contribution in [3.8, 4) is 22.8 Å². The first-order valence-electron chi connectivity index (χ1n) is 9.57. The zero-order valence-corrected chi connectivity index (χ0v) is 17.7. The van der Waals surface area contributed by atoms with Gasteiger partial charge in [0, 0.05) is 17.8 Å². The van der Waals surface area contributed by atoms with Gasteiger partial charge in [-0.3, -0.25) is 9.59 Å². The highest BCUT2D eigenvalue weighted by Gasteiger charge is 2.14. The van der Waals surface area contributed by atoms with E-state index in [1.807, 2.05) is 44.2 Å². The van der Waals surface area contributed by atoms with E-state index < -0.39 is 0 Å². The van der Waals surface area contributed by atoms with Crippen LogP contribution in [0.1, 0.15) is 11.1 Å². The van der Waals surface area contributed by atoms with Gasteiger partial charge in [0.15, 0.2) is 0 Å². The van der Waals surface area contributed by atoms with Crippen molar-refractivity contribution in [3.63, 3.8) is 0 Å². The van der Waals surface area contributed by atoms with E-state index in [4.69, 9.17) is 16.1 Å². The monoisotopic (exact) mass is 434 g/mol. The number of nitrogens with one attached hydrogen (secondary N) is 1. The van der Waals surface area contributed by atoms with E-state index in [9.17, 15) is 9.59 Å². The molecule has 0 bridgehead atoms. The van der Waals surface area contributed by atoms with Gasteiger partial charge in [-0.1, -0.05) is 52.7 Å². The highest BCUT2D eigenvalue weighted by atomic mass is 35.5. The number of pyridine rings is 1. The average Bonchev–Trinajstić information content (AvgIpc) is 3.23. The van der Waals surface area contributed by atoms with Gasteiger partial charge in [0.2, 0.25) is 11.7 Å². The topological polar surface area (TPSA) is 90.0 Å². The van der Waals surface area contributed by atoms with Crippen molar-refractivity contribution in [2.24, 2.45) is 0 Å². The van der Waals surface area contributed by atoms with Gasteiger partial charge in [-0.2, -0.15) is 4.98 Å². The molecular weight excluding hydrogens is 416 g/mol. The van der Waals surface area contributed by atoms with Crippen LogP contribution in [0.3, 0.4) is 0 Å². The summed E-state index contributed by atoms with van der Waals surface area (Å²) in [4.78, 5) is 29.2. The Morgan fingerprint density at radius 1 is 1.10 bits per heavy atom. The molecule has 0 aliphatic rings. The van der Waals surface area contributed by atoms with E-state index in [2.05, 4.69) is 15.5 Å². The Bertz CT molecular complexity index is 1310. The van der Waals surface area contributed by atoms with Crippen LogP contribution in [0.4, 0.5) is 5.69 Å². The first-order chi connectivity index (χ1) is 14.9. The van der Waals surface area contributed by atoms with E-state index >= 15 is 0 Å². The third-order valence-electron chi connectivity index (χ3n) is 4.73. The molecule has 0 aliphatic heterocycles. The van der Waals surface area contributed by atoms with Gasteiger partial charge in [0.25, 0.3) is 11.4 Å². The van der Waals surface area contributed by atoms with Gasteiger partial charge in [0.05, 0.1) is 16.3 Å². The van der Waals surface area contributed by atoms with Crippen LogP contribution in [0.25, 0.3) is 22.8 Å². The second kappa shape index (κ2) is 8.57.